The van der Waals surface area contributed by atoms with Gasteiger partial charge in [0.1, 0.15) is 17.3 Å². The van der Waals surface area contributed by atoms with Crippen LogP contribution >= 0.6 is 0 Å². The van der Waals surface area contributed by atoms with E-state index in [2.05, 4.69) is 19.9 Å². The molecule has 0 amide bonds. The Balaban J connectivity index is 1.43. The number of hydrogen-bond acceptors (Lipinski definition) is 5. The van der Waals surface area contributed by atoms with E-state index < -0.39 is 0 Å². The first-order chi connectivity index (χ1) is 12.7. The van der Waals surface area contributed by atoms with Crippen LogP contribution in [0.1, 0.15) is 11.4 Å². The molecule has 4 rings (SSSR count). The van der Waals surface area contributed by atoms with Crippen LogP contribution in [0.4, 0.5) is 5.95 Å². The highest BCUT2D eigenvalue weighted by Gasteiger charge is 2.09. The summed E-state index contributed by atoms with van der Waals surface area (Å²) in [6.45, 7) is 0. The number of anilines is 1. The Kier molecular flexibility index (Phi) is 4.10. The van der Waals surface area contributed by atoms with Gasteiger partial charge in [-0.2, -0.15) is 4.98 Å². The van der Waals surface area contributed by atoms with Crippen LogP contribution in [0.5, 0.6) is 11.5 Å². The Labute approximate surface area is 148 Å². The molecule has 0 atom stereocenters. The van der Waals surface area contributed by atoms with Crippen LogP contribution in [0.3, 0.4) is 0 Å². The Morgan fingerprint density at radius 2 is 1.62 bits per heavy atom. The van der Waals surface area contributed by atoms with Gasteiger partial charge in [0.15, 0.2) is 11.2 Å². The number of fused-ring (bicyclic) bond motifs is 1. The van der Waals surface area contributed by atoms with Gasteiger partial charge in [-0.15, -0.1) is 0 Å². The number of benzene rings is 2. The highest BCUT2D eigenvalue weighted by Crippen LogP contribution is 2.21. The fourth-order valence-electron chi connectivity index (χ4n) is 2.70. The molecule has 0 saturated heterocycles. The van der Waals surface area contributed by atoms with Crippen LogP contribution in [0.25, 0.3) is 11.2 Å². The molecule has 4 aromatic rings. The van der Waals surface area contributed by atoms with Crippen molar-refractivity contribution in [1.82, 2.24) is 19.9 Å². The number of imidazole rings is 1. The molecule has 0 radical (unpaired) electrons. The maximum Gasteiger partial charge on any atom is 0.278 e. The average molecular weight is 347 g/mol. The summed E-state index contributed by atoms with van der Waals surface area (Å²) < 4.78 is 5.78. The van der Waals surface area contributed by atoms with Crippen molar-refractivity contribution in [3.63, 3.8) is 0 Å². The molecule has 2 heterocycles. The zero-order valence-corrected chi connectivity index (χ0v) is 13.9. The molecule has 7 nitrogen and oxygen atoms in total. The summed E-state index contributed by atoms with van der Waals surface area (Å²) in [4.78, 5) is 25.6. The zero-order valence-electron chi connectivity index (χ0n) is 13.9. The second-order valence-electron chi connectivity index (χ2n) is 5.89. The maximum atomic E-state index is 11.8. The number of nitrogens with two attached hydrogens (primary N) is 1. The predicted molar refractivity (Wildman–Crippen MR) is 99.3 cm³/mol. The number of nitrogens with one attached hydrogen (secondary N) is 2. The zero-order chi connectivity index (χ0) is 17.9. The maximum absolute atomic E-state index is 11.8. The van der Waals surface area contributed by atoms with Crippen molar-refractivity contribution < 1.29 is 4.74 Å². The van der Waals surface area contributed by atoms with Gasteiger partial charge in [0, 0.05) is 6.42 Å². The van der Waals surface area contributed by atoms with E-state index in [1.54, 1.807) is 0 Å². The molecular weight excluding hydrogens is 330 g/mol. The van der Waals surface area contributed by atoms with Crippen molar-refractivity contribution in [2.75, 3.05) is 5.73 Å². The normalized spacial score (nSPS) is 10.9. The SMILES string of the molecule is Nc1nc2nc(CCc3ccc(Oc4ccccc4)cc3)[nH]c2c(=O)[nH]1. The highest BCUT2D eigenvalue weighted by molar-refractivity contribution is 5.70. The molecule has 0 fully saturated rings. The van der Waals surface area contributed by atoms with Crippen molar-refractivity contribution >= 4 is 17.1 Å². The van der Waals surface area contributed by atoms with Gasteiger partial charge in [-0.05, 0) is 36.2 Å². The van der Waals surface area contributed by atoms with E-state index in [1.807, 2.05) is 54.6 Å². The Morgan fingerprint density at radius 1 is 0.885 bits per heavy atom. The Hall–Kier alpha value is -3.61. The van der Waals surface area contributed by atoms with Crippen molar-refractivity contribution in [3.05, 3.63) is 76.3 Å². The molecule has 0 aliphatic rings. The lowest BCUT2D eigenvalue weighted by atomic mass is 10.1. The summed E-state index contributed by atoms with van der Waals surface area (Å²) in [5, 5.41) is 0. The third-order valence-corrected chi connectivity index (χ3v) is 3.98. The van der Waals surface area contributed by atoms with Gasteiger partial charge in [0.2, 0.25) is 5.95 Å². The first-order valence-electron chi connectivity index (χ1n) is 8.23. The van der Waals surface area contributed by atoms with E-state index in [0.29, 0.717) is 23.4 Å². The third kappa shape index (κ3) is 3.41. The summed E-state index contributed by atoms with van der Waals surface area (Å²) in [5.74, 6) is 2.36. The van der Waals surface area contributed by atoms with Crippen LogP contribution in [0.2, 0.25) is 0 Å². The molecule has 0 aliphatic heterocycles. The molecule has 0 saturated carbocycles. The quantitative estimate of drug-likeness (QED) is 0.514. The summed E-state index contributed by atoms with van der Waals surface area (Å²) in [6.07, 6.45) is 1.44. The van der Waals surface area contributed by atoms with E-state index in [1.165, 1.54) is 0 Å². The third-order valence-electron chi connectivity index (χ3n) is 3.98. The number of para-hydroxylation sites is 1. The minimum atomic E-state index is -0.311. The number of aromatic nitrogens is 4. The number of nitrogens with zero attached hydrogens (tertiary/aromatic N) is 2. The van der Waals surface area contributed by atoms with E-state index in [9.17, 15) is 4.79 Å². The molecule has 0 unspecified atom stereocenters. The molecule has 2 aromatic heterocycles. The van der Waals surface area contributed by atoms with Crippen LogP contribution in [-0.2, 0) is 12.8 Å². The summed E-state index contributed by atoms with van der Waals surface area (Å²) in [7, 11) is 0. The van der Waals surface area contributed by atoms with Gasteiger partial charge < -0.3 is 15.5 Å². The molecule has 26 heavy (non-hydrogen) atoms. The second-order valence-corrected chi connectivity index (χ2v) is 5.89. The van der Waals surface area contributed by atoms with Gasteiger partial charge in [0.25, 0.3) is 5.56 Å². The van der Waals surface area contributed by atoms with Crippen LogP contribution in [0, 0.1) is 0 Å². The average Bonchev–Trinajstić information content (AvgIpc) is 3.05. The molecule has 4 N–H and O–H groups in total. The minimum absolute atomic E-state index is 0.0644. The second kappa shape index (κ2) is 6.72. The minimum Gasteiger partial charge on any atom is -0.457 e. The van der Waals surface area contributed by atoms with Crippen LogP contribution in [-0.4, -0.2) is 19.9 Å². The number of aryl methyl sites for hydroxylation is 2. The number of nitrogen functional groups attached to an aromatic ring is 1. The van der Waals surface area contributed by atoms with Crippen molar-refractivity contribution in [1.29, 1.82) is 0 Å². The topological polar surface area (TPSA) is 110 Å². The van der Waals surface area contributed by atoms with Gasteiger partial charge in [-0.25, -0.2) is 4.98 Å². The van der Waals surface area contributed by atoms with Gasteiger partial charge in [-0.3, -0.25) is 9.78 Å². The number of aromatic amines is 2. The molecule has 0 bridgehead atoms. The van der Waals surface area contributed by atoms with E-state index >= 15 is 0 Å². The number of rotatable bonds is 5. The number of hydrogen-bond donors (Lipinski definition) is 3. The number of H-pyrrole nitrogens is 2. The molecule has 2 aromatic carbocycles. The Bertz CT molecular complexity index is 1080. The largest absolute Gasteiger partial charge is 0.457 e. The number of ether oxygens (including phenoxy) is 1. The van der Waals surface area contributed by atoms with Crippen LogP contribution in [0.15, 0.2) is 59.4 Å². The lowest BCUT2D eigenvalue weighted by molar-refractivity contribution is 0.482. The summed E-state index contributed by atoms with van der Waals surface area (Å²) >= 11 is 0. The summed E-state index contributed by atoms with van der Waals surface area (Å²) in [6, 6.07) is 17.6. The smallest absolute Gasteiger partial charge is 0.278 e. The lowest BCUT2D eigenvalue weighted by Gasteiger charge is -2.06. The molecule has 0 spiro atoms. The first-order valence-corrected chi connectivity index (χ1v) is 8.23. The van der Waals surface area contributed by atoms with Gasteiger partial charge in [0.05, 0.1) is 0 Å². The van der Waals surface area contributed by atoms with Crippen molar-refractivity contribution in [3.8, 4) is 11.5 Å². The van der Waals surface area contributed by atoms with Gasteiger partial charge >= 0.3 is 0 Å². The van der Waals surface area contributed by atoms with Crippen molar-refractivity contribution in [2.45, 2.75) is 12.8 Å². The van der Waals surface area contributed by atoms with Crippen LogP contribution < -0.4 is 16.0 Å². The lowest BCUT2D eigenvalue weighted by Crippen LogP contribution is -2.10. The standard InChI is InChI=1S/C19H17N5O2/c20-19-23-17-16(18(25)24-19)21-15(22-17)11-8-12-6-9-14(10-7-12)26-13-4-2-1-3-5-13/h1-7,9-10H,8,11H2,(H4,20,21,22,23,24,25). The molecular formula is C19H17N5O2. The van der Waals surface area contributed by atoms with E-state index in [4.69, 9.17) is 10.5 Å². The predicted octanol–water partition coefficient (Wildman–Crippen LogP) is 2.81. The molecule has 0 aliphatic carbocycles. The monoisotopic (exact) mass is 347 g/mol. The first kappa shape index (κ1) is 15.9. The highest BCUT2D eigenvalue weighted by atomic mass is 16.5. The fraction of sp³-hybridized carbons (Fsp3) is 0.105. The van der Waals surface area contributed by atoms with Gasteiger partial charge in [-0.1, -0.05) is 30.3 Å². The fourth-order valence-corrected chi connectivity index (χ4v) is 2.70. The van der Waals surface area contributed by atoms with E-state index in [-0.39, 0.29) is 11.5 Å². The van der Waals surface area contributed by atoms with E-state index in [0.717, 1.165) is 23.5 Å². The molecule has 7 heteroatoms. The Morgan fingerprint density at radius 3 is 2.38 bits per heavy atom. The summed E-state index contributed by atoms with van der Waals surface area (Å²) in [5.41, 5.74) is 7.06. The van der Waals surface area contributed by atoms with Crippen molar-refractivity contribution in [2.24, 2.45) is 0 Å². The molecule has 130 valence electrons.